The van der Waals surface area contributed by atoms with Gasteiger partial charge in [0.2, 0.25) is 76.8 Å². The zero-order valence-corrected chi connectivity index (χ0v) is 60.6. The van der Waals surface area contributed by atoms with Gasteiger partial charge in [-0.3, -0.25) is 72.1 Å². The fraction of sp³-hybridized carbons (Fsp3) is 0.493. The van der Waals surface area contributed by atoms with Gasteiger partial charge in [-0.15, -0.1) is 0 Å². The molecular weight excluding hydrogens is 1440 g/mol. The first-order valence-corrected chi connectivity index (χ1v) is 37.7. The number of phenolic OH excluding ortho intramolecular Hbond substituents is 1. The second-order valence-electron chi connectivity index (χ2n) is 26.0. The number of carbonyl (C=O) groups excluding carboxylic acids is 13. The van der Waals surface area contributed by atoms with Crippen LogP contribution in [0.2, 0.25) is 5.02 Å². The summed E-state index contributed by atoms with van der Waals surface area (Å²) in [5.41, 5.74) is 30.3. The molecule has 2 aliphatic heterocycles. The van der Waals surface area contributed by atoms with Gasteiger partial charge < -0.3 is 102 Å². The topological polar surface area (TPSA) is 561 Å². The molecule has 3 fully saturated rings. The maximum atomic E-state index is 15.3. The van der Waals surface area contributed by atoms with Crippen molar-refractivity contribution in [3.8, 4) is 5.75 Å². The monoisotopic (exact) mass is 1530 g/mol. The average Bonchev–Trinajstić information content (AvgIpc) is 1.64. The molecule has 106 heavy (non-hydrogen) atoms. The number of aromatic nitrogens is 1. The summed E-state index contributed by atoms with van der Waals surface area (Å²) in [7, 11) is 1.74. The van der Waals surface area contributed by atoms with Gasteiger partial charge in [0.25, 0.3) is 0 Å². The van der Waals surface area contributed by atoms with Crippen molar-refractivity contribution >= 4 is 133 Å². The molecule has 574 valence electrons. The van der Waals surface area contributed by atoms with E-state index < -0.39 is 182 Å². The van der Waals surface area contributed by atoms with Crippen molar-refractivity contribution in [2.24, 2.45) is 39.6 Å². The molecule has 3 aliphatic rings. The number of aliphatic imine (C=N–C) groups is 1. The summed E-state index contributed by atoms with van der Waals surface area (Å²) >= 11 is 6.69. The fourth-order valence-corrected chi connectivity index (χ4v) is 15.1. The number of likely N-dealkylation sites (tertiary alicyclic amines) is 1. The summed E-state index contributed by atoms with van der Waals surface area (Å²) in [6.07, 6.45) is 0.771. The first-order chi connectivity index (χ1) is 50.7. The number of aromatic hydroxyl groups is 1. The Labute approximate surface area is 623 Å². The van der Waals surface area contributed by atoms with Crippen LogP contribution in [0.1, 0.15) is 107 Å². The van der Waals surface area contributed by atoms with Gasteiger partial charge in [-0.1, -0.05) is 94.6 Å². The van der Waals surface area contributed by atoms with E-state index in [1.54, 1.807) is 54.7 Å². The van der Waals surface area contributed by atoms with E-state index in [1.165, 1.54) is 29.2 Å². The Morgan fingerprint density at radius 3 is 1.93 bits per heavy atom. The lowest BCUT2D eigenvalue weighted by molar-refractivity contribution is -0.139. The number of hydrogen-bond donors (Lipinski definition) is 18. The lowest BCUT2D eigenvalue weighted by Gasteiger charge is -2.30. The molecule has 3 aromatic carbocycles. The fourth-order valence-electron chi connectivity index (χ4n) is 12.5. The maximum absolute atomic E-state index is 15.3. The van der Waals surface area contributed by atoms with Crippen LogP contribution in [0.5, 0.6) is 5.75 Å². The van der Waals surface area contributed by atoms with E-state index in [-0.39, 0.29) is 98.7 Å². The number of benzene rings is 3. The number of guanidine groups is 1. The smallest absolute Gasteiger partial charge is 0.303 e. The number of carbonyl (C=O) groups is 14. The van der Waals surface area contributed by atoms with Gasteiger partial charge in [0, 0.05) is 105 Å². The third-order valence-electron chi connectivity index (χ3n) is 18.1. The summed E-state index contributed by atoms with van der Waals surface area (Å²) < 4.78 is 0. The number of H-pyrrole nitrogens is 1. The highest BCUT2D eigenvalue weighted by Gasteiger charge is 2.41. The number of aromatic amines is 1. The third kappa shape index (κ3) is 25.8. The van der Waals surface area contributed by atoms with Crippen molar-refractivity contribution in [2.45, 2.75) is 170 Å². The highest BCUT2D eigenvalue weighted by atomic mass is 35.5. The molecule has 13 amide bonds. The van der Waals surface area contributed by atoms with E-state index in [0.29, 0.717) is 59.7 Å². The van der Waals surface area contributed by atoms with Gasteiger partial charge >= 0.3 is 5.97 Å². The Hall–Kier alpha value is -10.2. The first kappa shape index (κ1) is 83.1. The lowest BCUT2D eigenvalue weighted by Crippen LogP contribution is -2.61. The predicted molar refractivity (Wildman–Crippen MR) is 394 cm³/mol. The molecule has 23 N–H and O–H groups in total. The summed E-state index contributed by atoms with van der Waals surface area (Å²) in [5.74, 6) is -14.7. The number of carboxylic acid groups (broad SMARTS) is 1. The number of hydrogen-bond acceptors (Lipinski definition) is 19. The second kappa shape index (κ2) is 41.5. The summed E-state index contributed by atoms with van der Waals surface area (Å²) in [5, 5.41) is 47.4. The van der Waals surface area contributed by atoms with Crippen LogP contribution in [0.15, 0.2) is 84.0 Å². The average molecular weight is 1530 g/mol. The van der Waals surface area contributed by atoms with Gasteiger partial charge in [0.1, 0.15) is 66.2 Å². The van der Waals surface area contributed by atoms with E-state index in [4.69, 9.17) is 40.3 Å². The third-order valence-corrected chi connectivity index (χ3v) is 20.9. The minimum absolute atomic E-state index is 0.0100. The molecule has 3 heterocycles. The van der Waals surface area contributed by atoms with Crippen LogP contribution >= 0.6 is 33.2 Å². The number of para-hydroxylation sites is 1. The maximum Gasteiger partial charge on any atom is 0.303 e. The molecule has 37 heteroatoms. The van der Waals surface area contributed by atoms with Crippen molar-refractivity contribution < 1.29 is 77.3 Å². The standard InChI is InChI=1S/C69H93ClN18O16S2/c70-43-13-5-3-11-39(43)32-49-64(100)80-45(15-7-28-77-69(74)75)60(96)76-29-26-55(91)79-46(21-23-54(72)90)61(97)82-50(33-40-34-78-44-14-6-4-12-42(40)44)65(101)81-47(22-24-57(93)94)62(98)85-51(59(73)95)35-105-106-36-52(66(102)87-58(68(104)84-49)38-9-1-2-10-38)86-63(99)48(31-37-17-19-41(89)20-18-37)83-67(103)53-16-8-30-88(53)56(92)25-27-71/h3-6,11-14,17-20,34,38,45-53,58,78,89H,1-2,7-10,15-16,21-33,35-36,71H2,(H2,72,90)(H2,73,95)(H,76,96)(H,79,91)(H,80,100)(H,81,101)(H,82,97)(H,83,103)(H,84,104)(H,85,98)(H,86,99)(H,87,102)(H,93,94)(H4,74,75,77)/t45-,46-,47-,48-,49-,50-,51+,52-,53-,58-/m0/s1. The predicted octanol–water partition coefficient (Wildman–Crippen LogP) is -1.98. The molecule has 1 aromatic heterocycles. The Kier molecular flexibility index (Phi) is 32.5. The Bertz CT molecular complexity index is 3840. The van der Waals surface area contributed by atoms with Crippen molar-refractivity contribution in [1.82, 2.24) is 63.1 Å². The zero-order valence-electron chi connectivity index (χ0n) is 58.2. The largest absolute Gasteiger partial charge is 0.508 e. The minimum atomic E-state index is -1.74. The van der Waals surface area contributed by atoms with Crippen molar-refractivity contribution in [3.63, 3.8) is 0 Å². The Morgan fingerprint density at radius 1 is 0.651 bits per heavy atom. The van der Waals surface area contributed by atoms with Crippen molar-refractivity contribution in [2.75, 3.05) is 37.7 Å². The van der Waals surface area contributed by atoms with Crippen LogP contribution in [-0.2, 0) is 86.4 Å². The van der Waals surface area contributed by atoms with Crippen LogP contribution in [0.4, 0.5) is 0 Å². The number of carboxylic acids is 1. The highest BCUT2D eigenvalue weighted by molar-refractivity contribution is 8.76. The van der Waals surface area contributed by atoms with Gasteiger partial charge in [-0.25, -0.2) is 0 Å². The molecule has 0 unspecified atom stereocenters. The number of rotatable bonds is 24. The summed E-state index contributed by atoms with van der Waals surface area (Å²) in [6, 6.07) is 4.10. The first-order valence-electron chi connectivity index (χ1n) is 34.8. The van der Waals surface area contributed by atoms with Crippen LogP contribution in [0.25, 0.3) is 10.9 Å². The Balaban J connectivity index is 1.28. The highest BCUT2D eigenvalue weighted by Crippen LogP contribution is 2.30. The molecular formula is C69H93ClN18O16S2. The number of halogens is 1. The van der Waals surface area contributed by atoms with Crippen LogP contribution in [0.3, 0.4) is 0 Å². The van der Waals surface area contributed by atoms with E-state index in [0.717, 1.165) is 21.6 Å². The number of fused-ring (bicyclic) bond motifs is 1. The number of aliphatic carboxylic acids is 1. The number of phenols is 1. The van der Waals surface area contributed by atoms with E-state index in [1.807, 2.05) is 0 Å². The van der Waals surface area contributed by atoms with E-state index >= 15 is 14.4 Å². The molecule has 4 aromatic rings. The van der Waals surface area contributed by atoms with E-state index in [2.05, 4.69) is 63.1 Å². The molecule has 10 atom stereocenters. The van der Waals surface area contributed by atoms with Gasteiger partial charge in [0.05, 0.1) is 0 Å². The van der Waals surface area contributed by atoms with Crippen molar-refractivity contribution in [1.29, 1.82) is 0 Å². The van der Waals surface area contributed by atoms with Crippen LogP contribution in [0, 0.1) is 5.92 Å². The number of amides is 13. The SMILES string of the molecule is NCCC(=O)N1CCC[C@H]1C(=O)N[C@@H](Cc1ccc(O)cc1)C(=O)N[C@H]1CSSC[C@H](C(N)=O)NC(=O)[C@H](CCC(=O)O)NC(=O)[C@H](Cc2c[nH]c3ccccc23)NC(=O)[C@H](CCC(N)=O)NC(=O)CCNC(=O)[C@H](CCCN=C(N)N)NC(=O)[C@H](Cc2ccccc2Cl)NC(=O)[C@H](C2CCCC2)NC1=O. The molecule has 34 nitrogen and oxygen atoms in total. The van der Waals surface area contributed by atoms with E-state index in [9.17, 15) is 63.0 Å². The van der Waals surface area contributed by atoms with Gasteiger partial charge in [-0.2, -0.15) is 0 Å². The number of primary amides is 2. The molecule has 2 saturated heterocycles. The minimum Gasteiger partial charge on any atom is -0.508 e. The lowest BCUT2D eigenvalue weighted by atomic mass is 9.95. The van der Waals surface area contributed by atoms with Gasteiger partial charge in [-0.05, 0) is 98.2 Å². The number of nitrogens with two attached hydrogens (primary N) is 5. The molecule has 7 rings (SSSR count). The summed E-state index contributed by atoms with van der Waals surface area (Å²) in [4.78, 5) is 206. The molecule has 0 spiro atoms. The number of nitrogens with one attached hydrogen (secondary N) is 11. The van der Waals surface area contributed by atoms with Crippen LogP contribution < -0.4 is 81.8 Å². The normalized spacial score (nSPS) is 22.8. The second-order valence-corrected chi connectivity index (χ2v) is 29.0. The molecule has 0 bridgehead atoms. The molecule has 1 aliphatic carbocycles. The van der Waals surface area contributed by atoms with Crippen LogP contribution in [-0.4, -0.2) is 207 Å². The Morgan fingerprint density at radius 2 is 1.26 bits per heavy atom. The molecule has 0 radical (unpaired) electrons. The van der Waals surface area contributed by atoms with Gasteiger partial charge in [0.15, 0.2) is 5.96 Å². The van der Waals surface area contributed by atoms with Crippen molar-refractivity contribution in [3.05, 3.63) is 101 Å². The zero-order chi connectivity index (χ0) is 77.0. The quantitative estimate of drug-likeness (QED) is 0.0156. The molecule has 1 saturated carbocycles. The number of nitrogens with zero attached hydrogens (tertiary/aromatic N) is 2. The summed E-state index contributed by atoms with van der Waals surface area (Å²) in [6.45, 7) is -0.183.